The molecule has 5 rings (SSSR count). The number of nitrogens with one attached hydrogen (secondary N) is 3. The van der Waals surface area contributed by atoms with Crippen LogP contribution in [0.1, 0.15) is 12.5 Å². The number of imide groups is 2. The number of hydrogen-bond donors (Lipinski definition) is 3. The van der Waals surface area contributed by atoms with E-state index in [4.69, 9.17) is 18.9 Å². The Balaban J connectivity index is 1.22. The Labute approximate surface area is 193 Å². The third kappa shape index (κ3) is 3.78. The molecular formula is C22H20N4O8. The molecule has 2 aromatic carbocycles. The molecule has 12 nitrogen and oxygen atoms in total. The summed E-state index contributed by atoms with van der Waals surface area (Å²) in [4.78, 5) is 50.9. The van der Waals surface area contributed by atoms with Crippen LogP contribution in [-0.2, 0) is 15.1 Å². The van der Waals surface area contributed by atoms with Crippen molar-refractivity contribution in [3.63, 3.8) is 0 Å². The molecule has 0 spiro atoms. The van der Waals surface area contributed by atoms with Crippen LogP contribution in [0.2, 0.25) is 0 Å². The number of nitrogens with zero attached hydrogens (tertiary/aromatic N) is 1. The number of benzene rings is 2. The van der Waals surface area contributed by atoms with Crippen LogP contribution in [0.15, 0.2) is 36.4 Å². The minimum Gasteiger partial charge on any atom is -0.486 e. The maximum atomic E-state index is 13.1. The first-order valence-corrected chi connectivity index (χ1v) is 10.4. The van der Waals surface area contributed by atoms with E-state index < -0.39 is 36.0 Å². The van der Waals surface area contributed by atoms with Crippen LogP contribution in [0.5, 0.6) is 23.0 Å². The molecule has 6 amide bonds. The van der Waals surface area contributed by atoms with E-state index in [1.165, 1.54) is 6.92 Å². The van der Waals surface area contributed by atoms with Crippen molar-refractivity contribution in [1.82, 2.24) is 15.5 Å². The van der Waals surface area contributed by atoms with Gasteiger partial charge in [-0.05, 0) is 36.8 Å². The summed E-state index contributed by atoms with van der Waals surface area (Å²) >= 11 is 0. The number of rotatable bonds is 4. The second-order valence-corrected chi connectivity index (χ2v) is 7.88. The Hall–Kier alpha value is -4.48. The smallest absolute Gasteiger partial charge is 0.325 e. The van der Waals surface area contributed by atoms with Crippen molar-refractivity contribution in [3.8, 4) is 23.0 Å². The lowest BCUT2D eigenvalue weighted by atomic mass is 9.91. The molecule has 1 atom stereocenters. The number of urea groups is 2. The summed E-state index contributed by atoms with van der Waals surface area (Å²) < 4.78 is 21.5. The molecule has 0 bridgehead atoms. The Morgan fingerprint density at radius 1 is 0.971 bits per heavy atom. The summed E-state index contributed by atoms with van der Waals surface area (Å²) in [6, 6.07) is 8.08. The highest BCUT2D eigenvalue weighted by atomic mass is 16.7. The fraction of sp³-hybridized carbons (Fsp3) is 0.273. The van der Waals surface area contributed by atoms with Gasteiger partial charge in [-0.2, -0.15) is 0 Å². The van der Waals surface area contributed by atoms with Crippen LogP contribution in [0.4, 0.5) is 15.3 Å². The maximum Gasteiger partial charge on any atom is 0.325 e. The third-order valence-corrected chi connectivity index (χ3v) is 5.58. The van der Waals surface area contributed by atoms with Crippen molar-refractivity contribution in [2.45, 2.75) is 12.5 Å². The van der Waals surface area contributed by atoms with Crippen LogP contribution >= 0.6 is 0 Å². The van der Waals surface area contributed by atoms with Crippen LogP contribution in [0.25, 0.3) is 0 Å². The Morgan fingerprint density at radius 3 is 2.47 bits per heavy atom. The minimum atomic E-state index is -1.41. The summed E-state index contributed by atoms with van der Waals surface area (Å²) in [6.45, 7) is 1.77. The lowest BCUT2D eigenvalue weighted by Crippen LogP contribution is -2.45. The average molecular weight is 468 g/mol. The SMILES string of the molecule is CC1(c2ccc3c(c2)OCO3)NC(=O)N(CC(=O)NC(=O)Nc2ccc3c(c2)OCCO3)C1=O. The standard InChI is InChI=1S/C22H20N4O8/c1-22(12-2-4-15-16(8-12)34-11-33-15)19(28)26(21(30)25-22)10-18(27)24-20(29)23-13-3-5-14-17(9-13)32-7-6-31-14/h2-5,8-9H,6-7,10-11H2,1H3,(H,25,30)(H2,23,24,27,29). The van der Waals surface area contributed by atoms with Crippen LogP contribution in [0.3, 0.4) is 0 Å². The molecule has 1 saturated heterocycles. The van der Waals surface area contributed by atoms with Gasteiger partial charge in [-0.25, -0.2) is 9.59 Å². The summed E-state index contributed by atoms with van der Waals surface area (Å²) in [5, 5.41) is 7.21. The zero-order valence-electron chi connectivity index (χ0n) is 18.0. The molecule has 12 heteroatoms. The van der Waals surface area contributed by atoms with E-state index in [9.17, 15) is 19.2 Å². The largest absolute Gasteiger partial charge is 0.486 e. The highest BCUT2D eigenvalue weighted by molar-refractivity contribution is 6.10. The van der Waals surface area contributed by atoms with E-state index in [0.29, 0.717) is 47.5 Å². The quantitative estimate of drug-likeness (QED) is 0.570. The second-order valence-electron chi connectivity index (χ2n) is 7.88. The van der Waals surface area contributed by atoms with Crippen molar-refractivity contribution >= 4 is 29.6 Å². The van der Waals surface area contributed by atoms with E-state index >= 15 is 0 Å². The summed E-state index contributed by atoms with van der Waals surface area (Å²) in [5.74, 6) is 0.527. The van der Waals surface area contributed by atoms with Gasteiger partial charge in [0.25, 0.3) is 5.91 Å². The summed E-state index contributed by atoms with van der Waals surface area (Å²) in [5.41, 5.74) is -0.569. The summed E-state index contributed by atoms with van der Waals surface area (Å²) in [6.07, 6.45) is 0. The normalized spacial score (nSPS) is 20.1. The number of anilines is 1. The van der Waals surface area contributed by atoms with Gasteiger partial charge in [0.1, 0.15) is 25.3 Å². The molecule has 3 N–H and O–H groups in total. The highest BCUT2D eigenvalue weighted by Gasteiger charge is 2.50. The Bertz CT molecular complexity index is 1220. The first kappa shape index (κ1) is 21.4. The monoisotopic (exact) mass is 468 g/mol. The zero-order chi connectivity index (χ0) is 23.9. The zero-order valence-corrected chi connectivity index (χ0v) is 18.0. The van der Waals surface area contributed by atoms with E-state index in [2.05, 4.69) is 16.0 Å². The number of fused-ring (bicyclic) bond motifs is 2. The van der Waals surface area contributed by atoms with Gasteiger partial charge >= 0.3 is 12.1 Å². The summed E-state index contributed by atoms with van der Waals surface area (Å²) in [7, 11) is 0. The van der Waals surface area contributed by atoms with Crippen molar-refractivity contribution in [2.75, 3.05) is 31.9 Å². The van der Waals surface area contributed by atoms with Crippen molar-refractivity contribution in [1.29, 1.82) is 0 Å². The van der Waals surface area contributed by atoms with Gasteiger partial charge in [0.2, 0.25) is 12.7 Å². The van der Waals surface area contributed by atoms with Gasteiger partial charge in [-0.3, -0.25) is 19.8 Å². The van der Waals surface area contributed by atoms with Gasteiger partial charge in [0, 0.05) is 11.8 Å². The second kappa shape index (κ2) is 8.14. The number of carbonyl (C=O) groups is 4. The molecule has 34 heavy (non-hydrogen) atoms. The predicted molar refractivity (Wildman–Crippen MR) is 115 cm³/mol. The number of carbonyl (C=O) groups excluding carboxylic acids is 4. The molecule has 0 aliphatic carbocycles. The number of ether oxygens (including phenoxy) is 4. The molecule has 3 aliphatic rings. The van der Waals surface area contributed by atoms with Gasteiger partial charge in [0.05, 0.1) is 0 Å². The third-order valence-electron chi connectivity index (χ3n) is 5.58. The van der Waals surface area contributed by atoms with Gasteiger partial charge in [0.15, 0.2) is 23.0 Å². The van der Waals surface area contributed by atoms with Gasteiger partial charge in [-0.15, -0.1) is 0 Å². The highest BCUT2D eigenvalue weighted by Crippen LogP contribution is 2.38. The van der Waals surface area contributed by atoms with E-state index in [1.807, 2.05) is 0 Å². The average Bonchev–Trinajstić information content (AvgIpc) is 3.37. The van der Waals surface area contributed by atoms with E-state index in [-0.39, 0.29) is 6.79 Å². The van der Waals surface area contributed by atoms with Crippen LogP contribution in [0, 0.1) is 0 Å². The fourth-order valence-corrected chi connectivity index (χ4v) is 3.84. The molecule has 0 radical (unpaired) electrons. The predicted octanol–water partition coefficient (Wildman–Crippen LogP) is 1.30. The number of hydrogen-bond acceptors (Lipinski definition) is 8. The van der Waals surface area contributed by atoms with Gasteiger partial charge in [-0.1, -0.05) is 6.07 Å². The first-order chi connectivity index (χ1) is 16.3. The van der Waals surface area contributed by atoms with Crippen LogP contribution in [-0.4, -0.2) is 55.3 Å². The minimum absolute atomic E-state index is 0.0659. The molecule has 0 saturated carbocycles. The molecule has 1 unspecified atom stereocenters. The molecule has 2 aromatic rings. The molecule has 0 aromatic heterocycles. The lowest BCUT2D eigenvalue weighted by molar-refractivity contribution is -0.134. The fourth-order valence-electron chi connectivity index (χ4n) is 3.84. The van der Waals surface area contributed by atoms with Crippen LogP contribution < -0.4 is 34.9 Å². The number of amides is 6. The maximum absolute atomic E-state index is 13.1. The van der Waals surface area contributed by atoms with E-state index in [0.717, 1.165) is 4.90 Å². The molecular weight excluding hydrogens is 448 g/mol. The Morgan fingerprint density at radius 2 is 1.65 bits per heavy atom. The van der Waals surface area contributed by atoms with Crippen molar-refractivity contribution < 1.29 is 38.1 Å². The topological polar surface area (TPSA) is 145 Å². The first-order valence-electron chi connectivity index (χ1n) is 10.4. The lowest BCUT2D eigenvalue weighted by Gasteiger charge is -2.22. The Kier molecular flexibility index (Phi) is 5.11. The van der Waals surface area contributed by atoms with Crippen molar-refractivity contribution in [2.24, 2.45) is 0 Å². The molecule has 3 aliphatic heterocycles. The molecule has 176 valence electrons. The van der Waals surface area contributed by atoms with E-state index in [1.54, 1.807) is 36.4 Å². The van der Waals surface area contributed by atoms with Gasteiger partial charge < -0.3 is 29.6 Å². The molecule has 3 heterocycles. The molecule has 1 fully saturated rings. The van der Waals surface area contributed by atoms with Crippen molar-refractivity contribution in [3.05, 3.63) is 42.0 Å².